The molecule has 0 aliphatic heterocycles. The van der Waals surface area contributed by atoms with Crippen LogP contribution in [-0.4, -0.2) is 10.1 Å². The summed E-state index contributed by atoms with van der Waals surface area (Å²) in [6.45, 7) is 6.18. The summed E-state index contributed by atoms with van der Waals surface area (Å²) >= 11 is 6.25. The molecular weight excluding hydrogens is 246 g/mol. The Bertz CT molecular complexity index is 576. The average molecular weight is 264 g/mol. The number of phenols is 1. The van der Waals surface area contributed by atoms with Gasteiger partial charge in [0.2, 0.25) is 0 Å². The van der Waals surface area contributed by atoms with Crippen molar-refractivity contribution in [2.75, 3.05) is 0 Å². The number of nitrogens with zero attached hydrogens (tertiary/aromatic N) is 1. The van der Waals surface area contributed by atoms with E-state index in [1.165, 1.54) is 5.56 Å². The lowest BCUT2D eigenvalue weighted by Crippen LogP contribution is -1.97. The summed E-state index contributed by atoms with van der Waals surface area (Å²) in [4.78, 5) is 4.38. The Labute approximate surface area is 113 Å². The van der Waals surface area contributed by atoms with Gasteiger partial charge < -0.3 is 5.11 Å². The third kappa shape index (κ3) is 2.17. The molecule has 0 aliphatic carbocycles. The summed E-state index contributed by atoms with van der Waals surface area (Å²) in [6, 6.07) is 3.85. The zero-order chi connectivity index (χ0) is 13.3. The van der Waals surface area contributed by atoms with Crippen LogP contribution >= 0.6 is 11.6 Å². The van der Waals surface area contributed by atoms with Crippen LogP contribution in [0.2, 0.25) is 5.02 Å². The van der Waals surface area contributed by atoms with Gasteiger partial charge in [-0.25, -0.2) is 0 Å². The number of aromatic nitrogens is 1. The highest BCUT2D eigenvalue weighted by molar-refractivity contribution is 6.35. The third-order valence-electron chi connectivity index (χ3n) is 3.56. The zero-order valence-electron chi connectivity index (χ0n) is 11.0. The van der Waals surface area contributed by atoms with E-state index in [0.29, 0.717) is 16.5 Å². The maximum Gasteiger partial charge on any atom is 0.144 e. The van der Waals surface area contributed by atoms with Crippen LogP contribution in [-0.2, 0) is 0 Å². The van der Waals surface area contributed by atoms with E-state index in [2.05, 4.69) is 24.9 Å². The lowest BCUT2D eigenvalue weighted by atomic mass is 9.94. The maximum atomic E-state index is 10.0. The molecule has 18 heavy (non-hydrogen) atoms. The topological polar surface area (TPSA) is 33.1 Å². The summed E-state index contributed by atoms with van der Waals surface area (Å²) in [5.74, 6) is 0.729. The number of aromatic hydroxyl groups is 1. The van der Waals surface area contributed by atoms with Gasteiger partial charge in [-0.05, 0) is 48.9 Å². The van der Waals surface area contributed by atoms with Gasteiger partial charge in [0.25, 0.3) is 0 Å². The molecule has 2 aromatic rings. The molecule has 2 rings (SSSR count). The molecule has 1 N–H and O–H groups in total. The van der Waals surface area contributed by atoms with E-state index >= 15 is 0 Å². The fraction of sp³-hybridized carbons (Fsp3) is 0.400. The molecule has 0 aliphatic rings. The zero-order valence-corrected chi connectivity index (χ0v) is 11.8. The van der Waals surface area contributed by atoms with Crippen molar-refractivity contribution in [2.24, 2.45) is 0 Å². The Morgan fingerprint density at radius 1 is 1.28 bits per heavy atom. The van der Waals surface area contributed by atoms with Gasteiger partial charge in [0, 0.05) is 11.6 Å². The monoisotopic (exact) mass is 263 g/mol. The number of pyridine rings is 1. The summed E-state index contributed by atoms with van der Waals surface area (Å²) in [5.41, 5.74) is 2.54. The van der Waals surface area contributed by atoms with Crippen LogP contribution in [0.4, 0.5) is 0 Å². The predicted molar refractivity (Wildman–Crippen MR) is 76.5 cm³/mol. The van der Waals surface area contributed by atoms with E-state index in [0.717, 1.165) is 23.8 Å². The predicted octanol–water partition coefficient (Wildman–Crippen LogP) is 4.81. The van der Waals surface area contributed by atoms with Crippen molar-refractivity contribution in [3.63, 3.8) is 0 Å². The Kier molecular flexibility index (Phi) is 3.76. The van der Waals surface area contributed by atoms with Crippen molar-refractivity contribution in [1.29, 1.82) is 0 Å². The van der Waals surface area contributed by atoms with Gasteiger partial charge in [-0.3, -0.25) is 4.98 Å². The van der Waals surface area contributed by atoms with Gasteiger partial charge in [-0.15, -0.1) is 0 Å². The van der Waals surface area contributed by atoms with E-state index in [1.54, 1.807) is 6.07 Å². The third-order valence-corrected chi connectivity index (χ3v) is 3.88. The Morgan fingerprint density at radius 2 is 1.94 bits per heavy atom. The van der Waals surface area contributed by atoms with E-state index in [9.17, 15) is 5.11 Å². The van der Waals surface area contributed by atoms with Crippen LogP contribution in [0.15, 0.2) is 18.3 Å². The number of aryl methyl sites for hydroxylation is 1. The fourth-order valence-electron chi connectivity index (χ4n) is 2.36. The van der Waals surface area contributed by atoms with Crippen molar-refractivity contribution in [1.82, 2.24) is 4.98 Å². The molecule has 0 unspecified atom stereocenters. The Balaban J connectivity index is 2.65. The Hall–Kier alpha value is -1.28. The summed E-state index contributed by atoms with van der Waals surface area (Å²) in [7, 11) is 0. The first-order valence-corrected chi connectivity index (χ1v) is 6.74. The van der Waals surface area contributed by atoms with Crippen LogP contribution in [0.1, 0.15) is 43.7 Å². The lowest BCUT2D eigenvalue weighted by molar-refractivity contribution is 0.476. The second-order valence-corrected chi connectivity index (χ2v) is 5.11. The SMILES string of the molecule is CCC(CC)c1cnc2c(O)c(C)cc(Cl)c2c1. The van der Waals surface area contributed by atoms with Gasteiger partial charge in [-0.1, -0.05) is 25.4 Å². The van der Waals surface area contributed by atoms with Crippen LogP contribution < -0.4 is 0 Å². The molecule has 0 saturated carbocycles. The first-order valence-electron chi connectivity index (χ1n) is 6.36. The molecule has 0 radical (unpaired) electrons. The van der Waals surface area contributed by atoms with Gasteiger partial charge in [0.05, 0.1) is 5.02 Å². The minimum absolute atomic E-state index is 0.227. The van der Waals surface area contributed by atoms with Crippen molar-refractivity contribution in [3.05, 3.63) is 34.5 Å². The number of phenolic OH excluding ortho intramolecular Hbond substituents is 1. The molecule has 1 heterocycles. The standard InChI is InChI=1S/C15H18ClNO/c1-4-10(5-2)11-7-12-13(16)6-9(3)15(18)14(12)17-8-11/h6-8,10,18H,4-5H2,1-3H3. The van der Waals surface area contributed by atoms with Gasteiger partial charge in [0.15, 0.2) is 0 Å². The second kappa shape index (κ2) is 5.15. The molecule has 2 nitrogen and oxygen atoms in total. The highest BCUT2D eigenvalue weighted by Gasteiger charge is 2.13. The van der Waals surface area contributed by atoms with Gasteiger partial charge in [-0.2, -0.15) is 0 Å². The van der Waals surface area contributed by atoms with E-state index in [-0.39, 0.29) is 5.75 Å². The van der Waals surface area contributed by atoms with Gasteiger partial charge in [0.1, 0.15) is 11.3 Å². The smallest absolute Gasteiger partial charge is 0.144 e. The first kappa shape index (κ1) is 13.2. The highest BCUT2D eigenvalue weighted by atomic mass is 35.5. The first-order chi connectivity index (χ1) is 8.58. The van der Waals surface area contributed by atoms with Crippen LogP contribution in [0, 0.1) is 6.92 Å². The molecule has 0 atom stereocenters. The molecule has 3 heteroatoms. The lowest BCUT2D eigenvalue weighted by Gasteiger charge is -2.14. The van der Waals surface area contributed by atoms with Crippen molar-refractivity contribution in [2.45, 2.75) is 39.5 Å². The fourth-order valence-corrected chi connectivity index (χ4v) is 2.67. The van der Waals surface area contributed by atoms with E-state index < -0.39 is 0 Å². The molecule has 0 saturated heterocycles. The summed E-state index contributed by atoms with van der Waals surface area (Å²) < 4.78 is 0. The van der Waals surface area contributed by atoms with Gasteiger partial charge >= 0.3 is 0 Å². The Morgan fingerprint density at radius 3 is 2.56 bits per heavy atom. The second-order valence-electron chi connectivity index (χ2n) is 4.70. The van der Waals surface area contributed by atoms with Crippen LogP contribution in [0.5, 0.6) is 5.75 Å². The number of halogens is 1. The van der Waals surface area contributed by atoms with Crippen molar-refractivity contribution in [3.8, 4) is 5.75 Å². The largest absolute Gasteiger partial charge is 0.505 e. The van der Waals surface area contributed by atoms with Crippen LogP contribution in [0.3, 0.4) is 0 Å². The van der Waals surface area contributed by atoms with E-state index in [1.807, 2.05) is 13.1 Å². The number of rotatable bonds is 3. The maximum absolute atomic E-state index is 10.0. The molecular formula is C15H18ClNO. The molecule has 1 aromatic carbocycles. The average Bonchev–Trinajstić information content (AvgIpc) is 2.37. The molecule has 96 valence electrons. The number of fused-ring (bicyclic) bond motifs is 1. The minimum Gasteiger partial charge on any atom is -0.505 e. The van der Waals surface area contributed by atoms with E-state index in [4.69, 9.17) is 11.6 Å². The summed E-state index contributed by atoms with van der Waals surface area (Å²) in [5, 5.41) is 11.5. The van der Waals surface area contributed by atoms with Crippen molar-refractivity contribution < 1.29 is 5.11 Å². The van der Waals surface area contributed by atoms with Crippen LogP contribution in [0.25, 0.3) is 10.9 Å². The molecule has 0 amide bonds. The molecule has 0 fully saturated rings. The van der Waals surface area contributed by atoms with Crippen molar-refractivity contribution >= 4 is 22.5 Å². The normalized spacial score (nSPS) is 11.4. The molecule has 1 aromatic heterocycles. The minimum atomic E-state index is 0.227. The quantitative estimate of drug-likeness (QED) is 0.862. The molecule has 0 spiro atoms. The number of benzene rings is 1. The highest BCUT2D eigenvalue weighted by Crippen LogP contribution is 2.35. The summed E-state index contributed by atoms with van der Waals surface area (Å²) in [6.07, 6.45) is 4.02. The number of hydrogen-bond acceptors (Lipinski definition) is 2. The number of hydrogen-bond donors (Lipinski definition) is 1. The molecule has 0 bridgehead atoms.